The van der Waals surface area contributed by atoms with E-state index in [-0.39, 0.29) is 17.3 Å². The van der Waals surface area contributed by atoms with Crippen molar-refractivity contribution >= 4 is 10.0 Å². The first-order chi connectivity index (χ1) is 8.92. The van der Waals surface area contributed by atoms with Crippen LogP contribution in [0.25, 0.3) is 0 Å². The smallest absolute Gasteiger partial charge is 0.266 e. The lowest BCUT2D eigenvalue weighted by Crippen LogP contribution is -2.26. The van der Waals surface area contributed by atoms with Gasteiger partial charge in [-0.2, -0.15) is 0 Å². The third-order valence-electron chi connectivity index (χ3n) is 2.63. The van der Waals surface area contributed by atoms with Gasteiger partial charge in [-0.1, -0.05) is 4.89 Å². The lowest BCUT2D eigenvalue weighted by molar-refractivity contribution is 0.0438. The van der Waals surface area contributed by atoms with E-state index < -0.39 is 10.0 Å². The van der Waals surface area contributed by atoms with Gasteiger partial charge in [0.25, 0.3) is 10.0 Å². The summed E-state index contributed by atoms with van der Waals surface area (Å²) in [5.41, 5.74) is 1.81. The molecule has 0 aromatic heterocycles. The molecule has 0 spiro atoms. The molecule has 0 amide bonds. The van der Waals surface area contributed by atoms with E-state index in [1.165, 1.54) is 14.2 Å². The van der Waals surface area contributed by atoms with Gasteiger partial charge in [-0.25, -0.2) is 8.42 Å². The number of hydrogen-bond acceptors (Lipinski definition) is 5. The van der Waals surface area contributed by atoms with Crippen molar-refractivity contribution in [3.63, 3.8) is 0 Å². The Morgan fingerprint density at radius 1 is 1.11 bits per heavy atom. The molecule has 0 saturated carbocycles. The van der Waals surface area contributed by atoms with Gasteiger partial charge >= 0.3 is 0 Å². The molecule has 0 radical (unpaired) electrons. The molecule has 1 rings (SSSR count). The molecule has 7 heteroatoms. The molecule has 108 valence electrons. The summed E-state index contributed by atoms with van der Waals surface area (Å²) in [6.07, 6.45) is 0. The van der Waals surface area contributed by atoms with Crippen LogP contribution in [0.1, 0.15) is 11.1 Å². The maximum Gasteiger partial charge on any atom is 0.266 e. The lowest BCUT2D eigenvalue weighted by atomic mass is 10.1. The monoisotopic (exact) mass is 289 g/mol. The Morgan fingerprint density at radius 2 is 1.74 bits per heavy atom. The first-order valence-corrected chi connectivity index (χ1v) is 7.18. The van der Waals surface area contributed by atoms with Crippen molar-refractivity contribution in [3.05, 3.63) is 23.3 Å². The summed E-state index contributed by atoms with van der Waals surface area (Å²) in [6, 6.07) is 3.23. The molecule has 0 unspecified atom stereocenters. The van der Waals surface area contributed by atoms with Crippen molar-refractivity contribution in [2.24, 2.45) is 0 Å². The Labute approximate surface area is 113 Å². The van der Waals surface area contributed by atoms with Crippen LogP contribution in [0.3, 0.4) is 0 Å². The van der Waals surface area contributed by atoms with Crippen LogP contribution in [0.4, 0.5) is 0 Å². The minimum atomic E-state index is -3.78. The maximum absolute atomic E-state index is 12.1. The van der Waals surface area contributed by atoms with E-state index >= 15 is 0 Å². The normalized spacial score (nSPS) is 11.6. The number of hydrogen-bond donors (Lipinski definition) is 1. The van der Waals surface area contributed by atoms with E-state index in [1.807, 2.05) is 18.7 Å². The second-order valence-electron chi connectivity index (χ2n) is 4.02. The number of nitrogens with one attached hydrogen (secondary N) is 1. The van der Waals surface area contributed by atoms with E-state index in [2.05, 4.69) is 0 Å². The summed E-state index contributed by atoms with van der Waals surface area (Å²) in [4.78, 5) is 6.94. The Bertz CT molecular complexity index is 527. The average molecular weight is 289 g/mol. The summed E-state index contributed by atoms with van der Waals surface area (Å²) in [7, 11) is -0.846. The van der Waals surface area contributed by atoms with Crippen LogP contribution in [0.5, 0.6) is 5.75 Å². The van der Waals surface area contributed by atoms with Crippen molar-refractivity contribution in [2.75, 3.05) is 27.4 Å². The highest BCUT2D eigenvalue weighted by Crippen LogP contribution is 2.27. The molecule has 1 aromatic rings. The van der Waals surface area contributed by atoms with Crippen LogP contribution in [0, 0.1) is 13.8 Å². The van der Waals surface area contributed by atoms with Crippen molar-refractivity contribution in [3.8, 4) is 5.75 Å². The van der Waals surface area contributed by atoms with E-state index in [4.69, 9.17) is 14.3 Å². The van der Waals surface area contributed by atoms with Crippen molar-refractivity contribution in [1.29, 1.82) is 0 Å². The number of benzene rings is 1. The van der Waals surface area contributed by atoms with Crippen LogP contribution in [0.15, 0.2) is 17.0 Å². The summed E-state index contributed by atoms with van der Waals surface area (Å²) >= 11 is 0. The van der Waals surface area contributed by atoms with Crippen LogP contribution in [0.2, 0.25) is 0 Å². The molecule has 6 nitrogen and oxygen atoms in total. The van der Waals surface area contributed by atoms with Gasteiger partial charge in [0.05, 0.1) is 20.3 Å². The zero-order valence-electron chi connectivity index (χ0n) is 11.5. The van der Waals surface area contributed by atoms with Gasteiger partial charge < -0.3 is 9.47 Å². The minimum absolute atomic E-state index is 0.0514. The molecule has 0 bridgehead atoms. The predicted molar refractivity (Wildman–Crippen MR) is 70.6 cm³/mol. The summed E-state index contributed by atoms with van der Waals surface area (Å²) < 4.78 is 34.0. The second kappa shape index (κ2) is 6.85. The highest BCUT2D eigenvalue weighted by molar-refractivity contribution is 7.89. The van der Waals surface area contributed by atoms with E-state index in [9.17, 15) is 8.42 Å². The Hall–Kier alpha value is -1.15. The summed E-state index contributed by atoms with van der Waals surface area (Å²) in [6.45, 7) is 4.14. The van der Waals surface area contributed by atoms with Crippen LogP contribution >= 0.6 is 0 Å². The van der Waals surface area contributed by atoms with Crippen molar-refractivity contribution in [2.45, 2.75) is 18.7 Å². The number of methoxy groups -OCH3 is 2. The Balaban J connectivity index is 2.97. The first-order valence-electron chi connectivity index (χ1n) is 5.70. The average Bonchev–Trinajstić information content (AvgIpc) is 2.37. The number of aryl methyl sites for hydroxylation is 2. The maximum atomic E-state index is 12.1. The summed E-state index contributed by atoms with van der Waals surface area (Å²) in [5, 5.41) is 0. The molecule has 1 N–H and O–H groups in total. The van der Waals surface area contributed by atoms with Gasteiger partial charge in [0.1, 0.15) is 10.6 Å². The molecule has 0 heterocycles. The molecular weight excluding hydrogens is 270 g/mol. The largest absolute Gasteiger partial charge is 0.495 e. The van der Waals surface area contributed by atoms with Crippen LogP contribution in [-0.4, -0.2) is 35.9 Å². The molecular formula is C12H19NO5S. The molecule has 0 aliphatic carbocycles. The fourth-order valence-corrected chi connectivity index (χ4v) is 2.49. The zero-order valence-corrected chi connectivity index (χ0v) is 12.3. The molecule has 0 fully saturated rings. The van der Waals surface area contributed by atoms with Crippen molar-refractivity contribution < 1.29 is 22.7 Å². The molecule has 0 aliphatic heterocycles. The van der Waals surface area contributed by atoms with E-state index in [0.717, 1.165) is 11.1 Å². The van der Waals surface area contributed by atoms with Gasteiger partial charge in [-0.15, -0.1) is 0 Å². The van der Waals surface area contributed by atoms with Gasteiger partial charge in [-0.05, 0) is 37.1 Å². The van der Waals surface area contributed by atoms with Gasteiger partial charge in [0, 0.05) is 7.11 Å². The third-order valence-corrected chi connectivity index (χ3v) is 3.86. The van der Waals surface area contributed by atoms with Gasteiger partial charge in [-0.3, -0.25) is 4.84 Å². The predicted octanol–water partition coefficient (Wildman–Crippen LogP) is 1.17. The van der Waals surface area contributed by atoms with E-state index in [0.29, 0.717) is 6.61 Å². The number of rotatable bonds is 7. The second-order valence-corrected chi connectivity index (χ2v) is 5.63. The fourth-order valence-electron chi connectivity index (χ4n) is 1.42. The first kappa shape index (κ1) is 15.9. The van der Waals surface area contributed by atoms with Crippen molar-refractivity contribution in [1.82, 2.24) is 4.89 Å². The SMILES string of the molecule is COCCONS(=O)(=O)c1cc(C)c(C)cc1OC. The van der Waals surface area contributed by atoms with Gasteiger partial charge in [0.2, 0.25) is 0 Å². The minimum Gasteiger partial charge on any atom is -0.495 e. The highest BCUT2D eigenvalue weighted by Gasteiger charge is 2.20. The standard InChI is InChI=1S/C12H19NO5S/c1-9-7-11(17-4)12(8-10(9)2)19(14,15)13-18-6-5-16-3/h7-8,13H,5-6H2,1-4H3. The summed E-state index contributed by atoms with van der Waals surface area (Å²) in [5.74, 6) is 0.283. The molecule has 1 aromatic carbocycles. The fraction of sp³-hybridized carbons (Fsp3) is 0.500. The third kappa shape index (κ3) is 4.17. The molecule has 0 aliphatic rings. The number of sulfonamides is 1. The number of ether oxygens (including phenoxy) is 2. The molecule has 0 saturated heterocycles. The van der Waals surface area contributed by atoms with Gasteiger partial charge in [0.15, 0.2) is 0 Å². The van der Waals surface area contributed by atoms with Crippen LogP contribution in [-0.2, 0) is 19.6 Å². The Kier molecular flexibility index (Phi) is 5.74. The topological polar surface area (TPSA) is 73.9 Å². The molecule has 0 atom stereocenters. The van der Waals surface area contributed by atoms with E-state index in [1.54, 1.807) is 12.1 Å². The highest BCUT2D eigenvalue weighted by atomic mass is 32.2. The molecule has 19 heavy (non-hydrogen) atoms. The Morgan fingerprint density at radius 3 is 2.32 bits per heavy atom. The zero-order chi connectivity index (χ0) is 14.5. The quantitative estimate of drug-likeness (QED) is 0.602. The lowest BCUT2D eigenvalue weighted by Gasteiger charge is -2.13. The van der Waals surface area contributed by atoms with Crippen LogP contribution < -0.4 is 9.62 Å².